The van der Waals surface area contributed by atoms with Crippen LogP contribution < -0.4 is 11.1 Å². The Labute approximate surface area is 102 Å². The third-order valence-electron chi connectivity index (χ3n) is 2.94. The van der Waals surface area contributed by atoms with Crippen molar-refractivity contribution in [2.24, 2.45) is 11.7 Å². The van der Waals surface area contributed by atoms with E-state index in [2.05, 4.69) is 5.32 Å². The van der Waals surface area contributed by atoms with Crippen molar-refractivity contribution in [3.8, 4) is 0 Å². The number of nitrogens with two attached hydrogens (primary N) is 1. The van der Waals surface area contributed by atoms with E-state index in [4.69, 9.17) is 10.5 Å². The number of carbonyl (C=O) groups excluding carboxylic acids is 1. The van der Waals surface area contributed by atoms with E-state index in [1.807, 2.05) is 12.2 Å². The van der Waals surface area contributed by atoms with Gasteiger partial charge < -0.3 is 20.9 Å². The molecule has 0 radical (unpaired) electrons. The van der Waals surface area contributed by atoms with Gasteiger partial charge in [-0.1, -0.05) is 12.2 Å². The third kappa shape index (κ3) is 4.85. The van der Waals surface area contributed by atoms with E-state index in [1.54, 1.807) is 14.0 Å². The van der Waals surface area contributed by atoms with Gasteiger partial charge in [0.25, 0.3) is 0 Å². The molecule has 4 N–H and O–H groups in total. The minimum absolute atomic E-state index is 0.0280. The molecule has 3 unspecified atom stereocenters. The monoisotopic (exact) mass is 242 g/mol. The lowest BCUT2D eigenvalue weighted by Crippen LogP contribution is -2.43. The van der Waals surface area contributed by atoms with Gasteiger partial charge in [-0.05, 0) is 13.3 Å². The maximum atomic E-state index is 11.8. The standard InChI is InChI=1S/C12H22N2O3/c1-12(16,5-6-17-2)8-14-11(15)9-3-4-10(13)7-9/h3-4,9-10,16H,5-8,13H2,1-2H3,(H,14,15). The van der Waals surface area contributed by atoms with Crippen LogP contribution in [0.15, 0.2) is 12.2 Å². The van der Waals surface area contributed by atoms with Gasteiger partial charge in [-0.15, -0.1) is 0 Å². The highest BCUT2D eigenvalue weighted by molar-refractivity contribution is 5.81. The van der Waals surface area contributed by atoms with Crippen LogP contribution in [0.25, 0.3) is 0 Å². The minimum atomic E-state index is -0.934. The zero-order valence-corrected chi connectivity index (χ0v) is 10.5. The molecule has 0 aromatic carbocycles. The molecule has 98 valence electrons. The molecule has 1 aliphatic carbocycles. The number of ether oxygens (including phenoxy) is 1. The highest BCUT2D eigenvalue weighted by Gasteiger charge is 2.25. The maximum Gasteiger partial charge on any atom is 0.227 e. The molecule has 1 rings (SSSR count). The largest absolute Gasteiger partial charge is 0.388 e. The Morgan fingerprint density at radius 2 is 2.35 bits per heavy atom. The highest BCUT2D eigenvalue weighted by Crippen LogP contribution is 2.16. The zero-order valence-electron chi connectivity index (χ0n) is 10.5. The number of aliphatic hydroxyl groups is 1. The summed E-state index contributed by atoms with van der Waals surface area (Å²) >= 11 is 0. The second-order valence-corrected chi connectivity index (χ2v) is 4.85. The summed E-state index contributed by atoms with van der Waals surface area (Å²) in [5.74, 6) is -0.241. The fourth-order valence-corrected chi connectivity index (χ4v) is 1.74. The summed E-state index contributed by atoms with van der Waals surface area (Å²) in [5.41, 5.74) is 4.74. The Hall–Kier alpha value is -0.910. The molecule has 3 atom stereocenters. The van der Waals surface area contributed by atoms with Crippen LogP contribution in [0.1, 0.15) is 19.8 Å². The van der Waals surface area contributed by atoms with Crippen LogP contribution in [0.2, 0.25) is 0 Å². The number of nitrogens with one attached hydrogen (secondary N) is 1. The molecule has 1 amide bonds. The van der Waals surface area contributed by atoms with Gasteiger partial charge in [-0.25, -0.2) is 0 Å². The zero-order chi connectivity index (χ0) is 12.9. The first-order valence-electron chi connectivity index (χ1n) is 5.87. The fourth-order valence-electron chi connectivity index (χ4n) is 1.74. The summed E-state index contributed by atoms with van der Waals surface area (Å²) in [6, 6.07) is -0.0280. The van der Waals surface area contributed by atoms with Crippen molar-refractivity contribution >= 4 is 5.91 Å². The van der Waals surface area contributed by atoms with Gasteiger partial charge in [0.1, 0.15) is 0 Å². The van der Waals surface area contributed by atoms with E-state index in [0.717, 1.165) is 0 Å². The summed E-state index contributed by atoms with van der Waals surface area (Å²) in [6.07, 6.45) is 4.80. The van der Waals surface area contributed by atoms with Crippen molar-refractivity contribution in [3.05, 3.63) is 12.2 Å². The number of hydrogen-bond acceptors (Lipinski definition) is 4. The maximum absolute atomic E-state index is 11.8. The van der Waals surface area contributed by atoms with Gasteiger partial charge in [-0.2, -0.15) is 0 Å². The SMILES string of the molecule is COCCC(C)(O)CNC(=O)C1C=CC(N)C1. The Bertz CT molecular complexity index is 289. The molecule has 1 aliphatic rings. The molecule has 0 aromatic rings. The normalized spacial score (nSPS) is 26.8. The number of hydrogen-bond donors (Lipinski definition) is 3. The summed E-state index contributed by atoms with van der Waals surface area (Å²) in [4.78, 5) is 11.8. The second-order valence-electron chi connectivity index (χ2n) is 4.85. The van der Waals surface area contributed by atoms with Crippen molar-refractivity contribution in [2.45, 2.75) is 31.4 Å². The summed E-state index contributed by atoms with van der Waals surface area (Å²) in [6.45, 7) is 2.38. The second kappa shape index (κ2) is 6.14. The van der Waals surface area contributed by atoms with Gasteiger partial charge in [-0.3, -0.25) is 4.79 Å². The molecule has 0 saturated heterocycles. The average Bonchev–Trinajstić information content (AvgIpc) is 2.70. The highest BCUT2D eigenvalue weighted by atomic mass is 16.5. The first kappa shape index (κ1) is 14.2. The Balaban J connectivity index is 2.30. The van der Waals surface area contributed by atoms with Crippen LogP contribution in [-0.2, 0) is 9.53 Å². The molecule has 0 saturated carbocycles. The molecule has 17 heavy (non-hydrogen) atoms. The minimum Gasteiger partial charge on any atom is -0.388 e. The van der Waals surface area contributed by atoms with E-state index in [9.17, 15) is 9.90 Å². The lowest BCUT2D eigenvalue weighted by Gasteiger charge is -2.24. The molecule has 0 bridgehead atoms. The Morgan fingerprint density at radius 3 is 2.88 bits per heavy atom. The molecule has 0 spiro atoms. The lowest BCUT2D eigenvalue weighted by molar-refractivity contribution is -0.125. The average molecular weight is 242 g/mol. The fraction of sp³-hybridized carbons (Fsp3) is 0.750. The van der Waals surface area contributed by atoms with E-state index >= 15 is 0 Å². The van der Waals surface area contributed by atoms with E-state index in [1.165, 1.54) is 0 Å². The predicted molar refractivity (Wildman–Crippen MR) is 65.3 cm³/mol. The van der Waals surface area contributed by atoms with E-state index in [-0.39, 0.29) is 24.4 Å². The quantitative estimate of drug-likeness (QED) is 0.563. The molecule has 0 fully saturated rings. The topological polar surface area (TPSA) is 84.6 Å². The Kier molecular flexibility index (Phi) is 5.11. The van der Waals surface area contributed by atoms with Gasteiger partial charge in [0, 0.05) is 32.7 Å². The summed E-state index contributed by atoms with van der Waals surface area (Å²) in [5, 5.41) is 12.7. The van der Waals surface area contributed by atoms with Gasteiger partial charge in [0.2, 0.25) is 5.91 Å². The van der Waals surface area contributed by atoms with Crippen molar-refractivity contribution in [1.82, 2.24) is 5.32 Å². The van der Waals surface area contributed by atoms with Crippen LogP contribution >= 0.6 is 0 Å². The third-order valence-corrected chi connectivity index (χ3v) is 2.94. The lowest BCUT2D eigenvalue weighted by atomic mass is 10.0. The van der Waals surface area contributed by atoms with Crippen LogP contribution in [0.3, 0.4) is 0 Å². The Morgan fingerprint density at radius 1 is 1.65 bits per heavy atom. The number of rotatable bonds is 6. The van der Waals surface area contributed by atoms with E-state index < -0.39 is 5.60 Å². The van der Waals surface area contributed by atoms with Gasteiger partial charge in [0.05, 0.1) is 11.5 Å². The van der Waals surface area contributed by atoms with E-state index in [0.29, 0.717) is 19.4 Å². The molecular weight excluding hydrogens is 220 g/mol. The molecule has 0 heterocycles. The van der Waals surface area contributed by atoms with Crippen molar-refractivity contribution in [1.29, 1.82) is 0 Å². The summed E-state index contributed by atoms with van der Waals surface area (Å²) < 4.78 is 4.90. The van der Waals surface area contributed by atoms with Crippen LogP contribution in [0.4, 0.5) is 0 Å². The van der Waals surface area contributed by atoms with Crippen molar-refractivity contribution in [2.75, 3.05) is 20.3 Å². The van der Waals surface area contributed by atoms with Crippen LogP contribution in [0.5, 0.6) is 0 Å². The first-order chi connectivity index (χ1) is 7.94. The molecule has 0 aliphatic heterocycles. The first-order valence-corrected chi connectivity index (χ1v) is 5.87. The van der Waals surface area contributed by atoms with Gasteiger partial charge >= 0.3 is 0 Å². The van der Waals surface area contributed by atoms with Crippen LogP contribution in [0, 0.1) is 5.92 Å². The van der Waals surface area contributed by atoms with Gasteiger partial charge in [0.15, 0.2) is 0 Å². The number of carbonyl (C=O) groups is 1. The molecule has 5 nitrogen and oxygen atoms in total. The molecule has 5 heteroatoms. The smallest absolute Gasteiger partial charge is 0.227 e. The van der Waals surface area contributed by atoms with Crippen molar-refractivity contribution < 1.29 is 14.6 Å². The predicted octanol–water partition coefficient (Wildman–Crippen LogP) is -0.206. The number of amides is 1. The van der Waals surface area contributed by atoms with Crippen LogP contribution in [-0.4, -0.2) is 42.9 Å². The number of methoxy groups -OCH3 is 1. The van der Waals surface area contributed by atoms with Crippen molar-refractivity contribution in [3.63, 3.8) is 0 Å². The summed E-state index contributed by atoms with van der Waals surface area (Å²) in [7, 11) is 1.58. The molecule has 0 aromatic heterocycles. The molecular formula is C12H22N2O3.